The molecule has 0 aromatic heterocycles. The van der Waals surface area contributed by atoms with E-state index in [9.17, 15) is 9.90 Å². The molecular weight excluding hydrogens is 286 g/mol. The van der Waals surface area contributed by atoms with E-state index in [1.54, 1.807) is 0 Å². The number of rotatable bonds is 3. The van der Waals surface area contributed by atoms with Crippen molar-refractivity contribution in [2.75, 3.05) is 20.1 Å². The largest absolute Gasteiger partial charge is 0.481 e. The van der Waals surface area contributed by atoms with Gasteiger partial charge < -0.3 is 10.0 Å². The first kappa shape index (κ1) is 16.5. The van der Waals surface area contributed by atoms with E-state index in [0.717, 1.165) is 37.8 Å². The molecule has 1 aliphatic heterocycles. The molecule has 23 heavy (non-hydrogen) atoms. The second-order valence-electron chi connectivity index (χ2n) is 7.50. The third-order valence-electron chi connectivity index (χ3n) is 6.00. The van der Waals surface area contributed by atoms with Crippen molar-refractivity contribution in [3.8, 4) is 0 Å². The Morgan fingerprint density at radius 1 is 1.04 bits per heavy atom. The van der Waals surface area contributed by atoms with E-state index in [1.165, 1.54) is 37.8 Å². The van der Waals surface area contributed by atoms with Crippen molar-refractivity contribution in [3.05, 3.63) is 35.4 Å². The average molecular weight is 315 g/mol. The van der Waals surface area contributed by atoms with Crippen molar-refractivity contribution < 1.29 is 9.90 Å². The van der Waals surface area contributed by atoms with Gasteiger partial charge in [-0.3, -0.25) is 4.79 Å². The first-order valence-electron chi connectivity index (χ1n) is 9.14. The van der Waals surface area contributed by atoms with Gasteiger partial charge in [-0.15, -0.1) is 0 Å². The summed E-state index contributed by atoms with van der Waals surface area (Å²) in [5, 5.41) is 9.82. The standard InChI is InChI=1S/C20H29NO2/c1-21-14-5-6-16(11-15-21)17-7-9-18(10-8-17)20(19(22)23)12-3-2-4-13-20/h7-10,16H,2-6,11-15H2,1H3,(H,22,23). The Balaban J connectivity index is 1.79. The summed E-state index contributed by atoms with van der Waals surface area (Å²) in [7, 11) is 2.20. The van der Waals surface area contributed by atoms with Gasteiger partial charge in [0, 0.05) is 0 Å². The monoisotopic (exact) mass is 315 g/mol. The Morgan fingerprint density at radius 3 is 2.39 bits per heavy atom. The lowest BCUT2D eigenvalue weighted by Gasteiger charge is -2.34. The molecule has 3 heteroatoms. The van der Waals surface area contributed by atoms with Crippen LogP contribution in [0.25, 0.3) is 0 Å². The Hall–Kier alpha value is -1.35. The minimum absolute atomic E-state index is 0.626. The van der Waals surface area contributed by atoms with Gasteiger partial charge in [-0.05, 0) is 69.3 Å². The highest BCUT2D eigenvalue weighted by Gasteiger charge is 2.41. The number of aliphatic carboxylic acids is 1. The Labute approximate surface area is 139 Å². The molecule has 126 valence electrons. The smallest absolute Gasteiger partial charge is 0.314 e. The van der Waals surface area contributed by atoms with Crippen molar-refractivity contribution >= 4 is 5.97 Å². The van der Waals surface area contributed by atoms with Crippen molar-refractivity contribution in [2.24, 2.45) is 0 Å². The molecule has 2 aliphatic rings. The fourth-order valence-corrected chi connectivity index (χ4v) is 4.43. The summed E-state index contributed by atoms with van der Waals surface area (Å²) >= 11 is 0. The van der Waals surface area contributed by atoms with E-state index in [1.807, 2.05) is 0 Å². The number of benzene rings is 1. The lowest BCUT2D eigenvalue weighted by Crippen LogP contribution is -2.37. The van der Waals surface area contributed by atoms with Crippen LogP contribution in [0.15, 0.2) is 24.3 Å². The Morgan fingerprint density at radius 2 is 1.74 bits per heavy atom. The molecule has 1 saturated heterocycles. The molecule has 1 aromatic carbocycles. The van der Waals surface area contributed by atoms with Crippen molar-refractivity contribution in [3.63, 3.8) is 0 Å². The fourth-order valence-electron chi connectivity index (χ4n) is 4.43. The van der Waals surface area contributed by atoms with Crippen LogP contribution in [0.4, 0.5) is 0 Å². The predicted molar refractivity (Wildman–Crippen MR) is 92.9 cm³/mol. The SMILES string of the molecule is CN1CCCC(c2ccc(C3(C(=O)O)CCCCC3)cc2)CC1. The molecular formula is C20H29NO2. The number of hydrogen-bond donors (Lipinski definition) is 1. The van der Waals surface area contributed by atoms with Gasteiger partial charge in [0.25, 0.3) is 0 Å². The minimum atomic E-state index is -0.638. The maximum absolute atomic E-state index is 11.9. The maximum Gasteiger partial charge on any atom is 0.314 e. The van der Waals surface area contributed by atoms with Crippen LogP contribution in [0.5, 0.6) is 0 Å². The minimum Gasteiger partial charge on any atom is -0.481 e. The number of carboxylic acid groups (broad SMARTS) is 1. The molecule has 0 spiro atoms. The van der Waals surface area contributed by atoms with E-state index >= 15 is 0 Å². The van der Waals surface area contributed by atoms with Crippen molar-refractivity contribution in [1.82, 2.24) is 4.90 Å². The number of carbonyl (C=O) groups is 1. The summed E-state index contributed by atoms with van der Waals surface area (Å²) in [5.74, 6) is -0.0119. The predicted octanol–water partition coefficient (Wildman–Crippen LogP) is 4.17. The third-order valence-corrected chi connectivity index (χ3v) is 6.00. The summed E-state index contributed by atoms with van der Waals surface area (Å²) in [4.78, 5) is 14.4. The normalized spacial score (nSPS) is 25.7. The zero-order valence-corrected chi connectivity index (χ0v) is 14.3. The molecule has 0 bridgehead atoms. The second-order valence-corrected chi connectivity index (χ2v) is 7.50. The van der Waals surface area contributed by atoms with Crippen molar-refractivity contribution in [1.29, 1.82) is 0 Å². The molecule has 2 fully saturated rings. The highest BCUT2D eigenvalue weighted by Crippen LogP contribution is 2.40. The quantitative estimate of drug-likeness (QED) is 0.910. The van der Waals surface area contributed by atoms with E-state index in [2.05, 4.69) is 36.2 Å². The number of hydrogen-bond acceptors (Lipinski definition) is 2. The van der Waals surface area contributed by atoms with Crippen LogP contribution in [0.3, 0.4) is 0 Å². The highest BCUT2D eigenvalue weighted by atomic mass is 16.4. The van der Waals surface area contributed by atoms with Gasteiger partial charge in [0.05, 0.1) is 5.41 Å². The second kappa shape index (κ2) is 7.04. The maximum atomic E-state index is 11.9. The zero-order valence-electron chi connectivity index (χ0n) is 14.3. The van der Waals surface area contributed by atoms with E-state index in [-0.39, 0.29) is 0 Å². The van der Waals surface area contributed by atoms with Crippen LogP contribution in [0, 0.1) is 0 Å². The number of likely N-dealkylation sites (tertiary alicyclic amines) is 1. The summed E-state index contributed by atoms with van der Waals surface area (Å²) in [5.41, 5.74) is 1.76. The molecule has 1 N–H and O–H groups in total. The third kappa shape index (κ3) is 3.45. The number of carboxylic acids is 1. The van der Waals surface area contributed by atoms with Gasteiger partial charge in [0.1, 0.15) is 0 Å². The van der Waals surface area contributed by atoms with E-state index < -0.39 is 11.4 Å². The molecule has 0 amide bonds. The zero-order chi connectivity index (χ0) is 16.3. The number of nitrogens with zero attached hydrogens (tertiary/aromatic N) is 1. The van der Waals surface area contributed by atoms with Crippen molar-refractivity contribution in [2.45, 2.75) is 62.7 Å². The molecule has 1 atom stereocenters. The van der Waals surface area contributed by atoms with Gasteiger partial charge in [0.2, 0.25) is 0 Å². The summed E-state index contributed by atoms with van der Waals surface area (Å²) in [6, 6.07) is 8.60. The molecule has 3 rings (SSSR count). The molecule has 0 radical (unpaired) electrons. The van der Waals surface area contributed by atoms with E-state index in [0.29, 0.717) is 5.92 Å². The van der Waals surface area contributed by atoms with Gasteiger partial charge >= 0.3 is 5.97 Å². The lowest BCUT2D eigenvalue weighted by molar-refractivity contribution is -0.145. The first-order chi connectivity index (χ1) is 11.1. The summed E-state index contributed by atoms with van der Waals surface area (Å²) < 4.78 is 0. The lowest BCUT2D eigenvalue weighted by atomic mass is 9.69. The van der Waals surface area contributed by atoms with Crippen LogP contribution in [-0.4, -0.2) is 36.1 Å². The summed E-state index contributed by atoms with van der Waals surface area (Å²) in [6.45, 7) is 2.35. The molecule has 1 saturated carbocycles. The topological polar surface area (TPSA) is 40.5 Å². The van der Waals surface area contributed by atoms with E-state index in [4.69, 9.17) is 0 Å². The van der Waals surface area contributed by atoms with Gasteiger partial charge in [-0.25, -0.2) is 0 Å². The van der Waals surface area contributed by atoms with Crippen LogP contribution in [-0.2, 0) is 10.2 Å². The van der Waals surface area contributed by atoms with Crippen LogP contribution >= 0.6 is 0 Å². The van der Waals surface area contributed by atoms with Crippen LogP contribution < -0.4 is 0 Å². The molecule has 1 heterocycles. The Bertz CT molecular complexity index is 531. The fraction of sp³-hybridized carbons (Fsp3) is 0.650. The first-order valence-corrected chi connectivity index (χ1v) is 9.14. The average Bonchev–Trinajstić information content (AvgIpc) is 2.80. The van der Waals surface area contributed by atoms with Gasteiger partial charge in [-0.1, -0.05) is 43.5 Å². The summed E-state index contributed by atoms with van der Waals surface area (Å²) in [6.07, 6.45) is 8.51. The van der Waals surface area contributed by atoms with Crippen LogP contribution in [0.2, 0.25) is 0 Å². The molecule has 1 aromatic rings. The molecule has 3 nitrogen and oxygen atoms in total. The van der Waals surface area contributed by atoms with Gasteiger partial charge in [-0.2, -0.15) is 0 Å². The Kier molecular flexibility index (Phi) is 5.05. The molecule has 1 aliphatic carbocycles. The van der Waals surface area contributed by atoms with Gasteiger partial charge in [0.15, 0.2) is 0 Å². The van der Waals surface area contributed by atoms with Crippen LogP contribution in [0.1, 0.15) is 68.4 Å². The highest BCUT2D eigenvalue weighted by molar-refractivity contribution is 5.81. The molecule has 1 unspecified atom stereocenters.